The summed E-state index contributed by atoms with van der Waals surface area (Å²) >= 11 is 0. The van der Waals surface area contributed by atoms with E-state index in [1.54, 1.807) is 45.2 Å². The number of anilines is 1. The summed E-state index contributed by atoms with van der Waals surface area (Å²) in [5, 5.41) is 3.67. The maximum absolute atomic E-state index is 13.1. The minimum Gasteiger partial charge on any atom is -0.496 e. The molecule has 216 valence electrons. The maximum atomic E-state index is 13.1. The van der Waals surface area contributed by atoms with Crippen molar-refractivity contribution in [3.63, 3.8) is 0 Å². The van der Waals surface area contributed by atoms with Gasteiger partial charge in [-0.3, -0.25) is 9.59 Å². The molecule has 0 radical (unpaired) electrons. The predicted octanol–water partition coefficient (Wildman–Crippen LogP) is 5.71. The van der Waals surface area contributed by atoms with E-state index in [-0.39, 0.29) is 22.5 Å². The van der Waals surface area contributed by atoms with Crippen LogP contribution < -0.4 is 14.8 Å². The fraction of sp³-hybridized carbons (Fsp3) is 0.290. The van der Waals surface area contributed by atoms with E-state index in [1.807, 2.05) is 38.1 Å². The Bertz CT molecular complexity index is 1670. The van der Waals surface area contributed by atoms with Gasteiger partial charge < -0.3 is 19.2 Å². The van der Waals surface area contributed by atoms with Crippen molar-refractivity contribution < 1.29 is 31.9 Å². The topological polar surface area (TPSA) is 124 Å². The molecule has 10 heteroatoms. The molecule has 4 rings (SSSR count). The molecule has 0 unspecified atom stereocenters. The molecule has 0 bridgehead atoms. The lowest BCUT2D eigenvalue weighted by Crippen LogP contribution is -2.44. The van der Waals surface area contributed by atoms with Gasteiger partial charge in [0.25, 0.3) is 5.91 Å². The van der Waals surface area contributed by atoms with Gasteiger partial charge in [-0.2, -0.15) is 4.72 Å². The Morgan fingerprint density at radius 3 is 2.07 bits per heavy atom. The van der Waals surface area contributed by atoms with Crippen LogP contribution >= 0.6 is 0 Å². The number of sulfonamides is 1. The minimum absolute atomic E-state index is 0.0311. The molecule has 0 saturated carbocycles. The quantitative estimate of drug-likeness (QED) is 0.231. The summed E-state index contributed by atoms with van der Waals surface area (Å²) in [5.74, 6) is -0.378. The second-order valence-corrected chi connectivity index (χ2v) is 11.7. The highest BCUT2D eigenvalue weighted by molar-refractivity contribution is 7.89. The summed E-state index contributed by atoms with van der Waals surface area (Å²) in [4.78, 5) is 25.1. The third-order valence-electron chi connectivity index (χ3n) is 6.96. The number of amides is 1. The SMILES string of the molecule is CCc1ccc2oc(C(=O)Nc3ccc(-c4ccc(S(=O)(=O)N[C@H](C(=O)OC)C(C)C)cc4)cc3)c(C)c2c1OC. The number of ether oxygens (including phenoxy) is 2. The molecule has 1 heterocycles. The van der Waals surface area contributed by atoms with Crippen molar-refractivity contribution in [3.05, 3.63) is 77.6 Å². The number of carbonyl (C=O) groups excluding carboxylic acids is 2. The van der Waals surface area contributed by atoms with Crippen LogP contribution in [0.3, 0.4) is 0 Å². The number of rotatable bonds is 10. The molecule has 9 nitrogen and oxygen atoms in total. The van der Waals surface area contributed by atoms with Crippen molar-refractivity contribution in [2.45, 2.75) is 45.1 Å². The fourth-order valence-electron chi connectivity index (χ4n) is 4.66. The van der Waals surface area contributed by atoms with Crippen LogP contribution in [0.4, 0.5) is 5.69 Å². The zero-order chi connectivity index (χ0) is 29.9. The van der Waals surface area contributed by atoms with Crippen LogP contribution in [0, 0.1) is 12.8 Å². The molecule has 2 N–H and O–H groups in total. The Kier molecular flexibility index (Phi) is 8.84. The standard InChI is InChI=1S/C31H34N2O7S/c1-7-20-12-17-25-26(29(20)38-5)19(4)28(40-25)30(34)32-23-13-8-21(9-14-23)22-10-15-24(16-11-22)41(36,37)33-27(18(2)3)31(35)39-6/h8-18,27,33H,7H2,1-6H3,(H,32,34)/t27-/m0/s1. The van der Waals surface area contributed by atoms with Gasteiger partial charge in [0, 0.05) is 11.3 Å². The summed E-state index contributed by atoms with van der Waals surface area (Å²) in [6.45, 7) is 7.34. The Labute approximate surface area is 239 Å². The minimum atomic E-state index is -3.94. The first-order valence-electron chi connectivity index (χ1n) is 13.2. The Hall–Kier alpha value is -4.15. The Morgan fingerprint density at radius 1 is 0.927 bits per heavy atom. The lowest BCUT2D eigenvalue weighted by Gasteiger charge is -2.19. The highest BCUT2D eigenvalue weighted by atomic mass is 32.2. The van der Waals surface area contributed by atoms with Gasteiger partial charge in [-0.25, -0.2) is 8.42 Å². The lowest BCUT2D eigenvalue weighted by molar-refractivity contribution is -0.143. The van der Waals surface area contributed by atoms with Gasteiger partial charge in [-0.1, -0.05) is 51.1 Å². The van der Waals surface area contributed by atoms with Crippen molar-refractivity contribution in [3.8, 4) is 16.9 Å². The van der Waals surface area contributed by atoms with Gasteiger partial charge in [-0.05, 0) is 66.3 Å². The molecule has 1 aromatic heterocycles. The van der Waals surface area contributed by atoms with Gasteiger partial charge in [-0.15, -0.1) is 0 Å². The summed E-state index contributed by atoms with van der Waals surface area (Å²) in [7, 11) is -1.11. The lowest BCUT2D eigenvalue weighted by atomic mass is 10.0. The molecule has 0 saturated heterocycles. The van der Waals surface area contributed by atoms with Crippen LogP contribution in [-0.2, 0) is 26.0 Å². The van der Waals surface area contributed by atoms with Crippen molar-refractivity contribution in [2.24, 2.45) is 5.92 Å². The van der Waals surface area contributed by atoms with E-state index in [1.165, 1.54) is 19.2 Å². The van der Waals surface area contributed by atoms with E-state index in [0.29, 0.717) is 22.6 Å². The third kappa shape index (κ3) is 6.13. The Morgan fingerprint density at radius 2 is 1.54 bits per heavy atom. The zero-order valence-corrected chi connectivity index (χ0v) is 24.7. The van der Waals surface area contributed by atoms with E-state index < -0.39 is 22.0 Å². The average Bonchev–Trinajstić information content (AvgIpc) is 3.31. The molecular formula is C31H34N2O7S. The van der Waals surface area contributed by atoms with E-state index >= 15 is 0 Å². The summed E-state index contributed by atoms with van der Waals surface area (Å²) in [6.07, 6.45) is 0.793. The molecule has 41 heavy (non-hydrogen) atoms. The van der Waals surface area contributed by atoms with Gasteiger partial charge in [0.15, 0.2) is 5.76 Å². The summed E-state index contributed by atoms with van der Waals surface area (Å²) in [5.41, 5.74) is 4.51. The smallest absolute Gasteiger partial charge is 0.324 e. The molecule has 0 aliphatic carbocycles. The monoisotopic (exact) mass is 578 g/mol. The van der Waals surface area contributed by atoms with Crippen LogP contribution in [0.5, 0.6) is 5.75 Å². The number of aryl methyl sites for hydroxylation is 2. The number of carbonyl (C=O) groups is 2. The normalized spacial score (nSPS) is 12.4. The molecule has 4 aromatic rings. The molecule has 0 spiro atoms. The van der Waals surface area contributed by atoms with E-state index in [2.05, 4.69) is 10.0 Å². The van der Waals surface area contributed by atoms with Crippen molar-refractivity contribution in [1.29, 1.82) is 0 Å². The number of fused-ring (bicyclic) bond motifs is 1. The number of methoxy groups -OCH3 is 2. The van der Waals surface area contributed by atoms with E-state index in [4.69, 9.17) is 13.9 Å². The van der Waals surface area contributed by atoms with Crippen molar-refractivity contribution >= 4 is 38.6 Å². The maximum Gasteiger partial charge on any atom is 0.324 e. The first kappa shape index (κ1) is 29.8. The van der Waals surface area contributed by atoms with Crippen LogP contribution in [0.15, 0.2) is 70.0 Å². The van der Waals surface area contributed by atoms with E-state index in [9.17, 15) is 18.0 Å². The number of benzene rings is 3. The zero-order valence-electron chi connectivity index (χ0n) is 23.9. The molecule has 3 aromatic carbocycles. The third-order valence-corrected chi connectivity index (χ3v) is 8.42. The number of esters is 1. The molecule has 0 aliphatic heterocycles. The highest BCUT2D eigenvalue weighted by Gasteiger charge is 2.29. The molecular weight excluding hydrogens is 544 g/mol. The second kappa shape index (κ2) is 12.2. The summed E-state index contributed by atoms with van der Waals surface area (Å²) in [6, 6.07) is 16.3. The molecule has 0 fully saturated rings. The van der Waals surface area contributed by atoms with Gasteiger partial charge in [0.05, 0.1) is 24.5 Å². The van der Waals surface area contributed by atoms with Crippen LogP contribution in [0.1, 0.15) is 42.5 Å². The number of nitrogens with one attached hydrogen (secondary N) is 2. The summed E-state index contributed by atoms with van der Waals surface area (Å²) < 4.78 is 44.4. The largest absolute Gasteiger partial charge is 0.496 e. The molecule has 1 amide bonds. The highest BCUT2D eigenvalue weighted by Crippen LogP contribution is 2.36. The first-order valence-corrected chi connectivity index (χ1v) is 14.7. The van der Waals surface area contributed by atoms with Crippen LogP contribution in [0.2, 0.25) is 0 Å². The molecule has 0 aliphatic rings. The predicted molar refractivity (Wildman–Crippen MR) is 158 cm³/mol. The molecule has 1 atom stereocenters. The van der Waals surface area contributed by atoms with Gasteiger partial charge in [0.1, 0.15) is 17.4 Å². The Balaban J connectivity index is 1.49. The van der Waals surface area contributed by atoms with Crippen molar-refractivity contribution in [2.75, 3.05) is 19.5 Å². The van der Waals surface area contributed by atoms with Crippen LogP contribution in [0.25, 0.3) is 22.1 Å². The second-order valence-electron chi connectivity index (χ2n) is 9.96. The van der Waals surface area contributed by atoms with Crippen molar-refractivity contribution in [1.82, 2.24) is 4.72 Å². The number of hydrogen-bond acceptors (Lipinski definition) is 7. The van der Waals surface area contributed by atoms with Gasteiger partial charge in [0.2, 0.25) is 10.0 Å². The number of hydrogen-bond donors (Lipinski definition) is 2. The fourth-order valence-corrected chi connectivity index (χ4v) is 5.99. The number of furan rings is 1. The first-order chi connectivity index (χ1) is 19.5. The van der Waals surface area contributed by atoms with Crippen LogP contribution in [-0.4, -0.2) is 40.6 Å². The van der Waals surface area contributed by atoms with E-state index in [0.717, 1.165) is 28.5 Å². The average molecular weight is 579 g/mol. The van der Waals surface area contributed by atoms with Gasteiger partial charge >= 0.3 is 5.97 Å².